The van der Waals surface area contributed by atoms with Crippen LogP contribution in [0.2, 0.25) is 0 Å². The largest absolute Gasteiger partial charge is 0.399 e. The van der Waals surface area contributed by atoms with E-state index in [1.807, 2.05) is 10.8 Å². The molecule has 0 aliphatic carbocycles. The van der Waals surface area contributed by atoms with Crippen LogP contribution in [-0.4, -0.2) is 4.98 Å². The molecule has 0 spiro atoms. The number of nitrogen functional groups attached to an aromatic ring is 1. The molecular formula is C14H11FN2S3. The number of aromatic nitrogens is 1. The Morgan fingerprint density at radius 3 is 2.90 bits per heavy atom. The van der Waals surface area contributed by atoms with E-state index in [0.717, 1.165) is 16.3 Å². The minimum atomic E-state index is -0.275. The lowest BCUT2D eigenvalue weighted by molar-refractivity contribution is 0.602. The van der Waals surface area contributed by atoms with E-state index < -0.39 is 0 Å². The van der Waals surface area contributed by atoms with Crippen LogP contribution < -0.4 is 5.73 Å². The van der Waals surface area contributed by atoms with Crippen molar-refractivity contribution in [2.24, 2.45) is 0 Å². The molecule has 6 heteroatoms. The van der Waals surface area contributed by atoms with E-state index in [2.05, 4.69) is 16.4 Å². The average molecular weight is 322 g/mol. The topological polar surface area (TPSA) is 38.9 Å². The number of hydrogen-bond donors (Lipinski definition) is 1. The molecule has 0 aliphatic rings. The van der Waals surface area contributed by atoms with Crippen LogP contribution in [0.3, 0.4) is 0 Å². The number of hydrogen-bond acceptors (Lipinski definition) is 5. The van der Waals surface area contributed by atoms with Gasteiger partial charge in [0, 0.05) is 32.7 Å². The fourth-order valence-electron chi connectivity index (χ4n) is 1.68. The lowest BCUT2D eigenvalue weighted by atomic mass is 10.3. The quantitative estimate of drug-likeness (QED) is 0.549. The molecule has 1 aromatic carbocycles. The van der Waals surface area contributed by atoms with Gasteiger partial charge in [-0.1, -0.05) is 0 Å². The number of benzene rings is 1. The molecule has 3 rings (SSSR count). The summed E-state index contributed by atoms with van der Waals surface area (Å²) in [5.74, 6) is 0.380. The molecule has 0 aliphatic heterocycles. The van der Waals surface area contributed by atoms with Crippen LogP contribution in [-0.2, 0) is 5.75 Å². The average Bonchev–Trinajstić information content (AvgIpc) is 3.08. The Morgan fingerprint density at radius 1 is 1.25 bits per heavy atom. The molecule has 2 aromatic heterocycles. The summed E-state index contributed by atoms with van der Waals surface area (Å²) in [5, 5.41) is 7.15. The van der Waals surface area contributed by atoms with E-state index in [4.69, 9.17) is 5.73 Å². The summed E-state index contributed by atoms with van der Waals surface area (Å²) in [4.78, 5) is 5.17. The van der Waals surface area contributed by atoms with Gasteiger partial charge in [-0.05, 0) is 29.6 Å². The summed E-state index contributed by atoms with van der Waals surface area (Å²) in [6.07, 6.45) is 0. The summed E-state index contributed by atoms with van der Waals surface area (Å²) in [6, 6.07) is 6.82. The normalized spacial score (nSPS) is 10.8. The summed E-state index contributed by atoms with van der Waals surface area (Å²) in [5.41, 5.74) is 8.10. The third-order valence-electron chi connectivity index (χ3n) is 2.65. The monoisotopic (exact) mass is 322 g/mol. The molecule has 2 N–H and O–H groups in total. The smallest absolute Gasteiger partial charge is 0.138 e. The minimum absolute atomic E-state index is 0.275. The molecule has 2 nitrogen and oxygen atoms in total. The number of rotatable bonds is 4. The number of thiazole rings is 1. The number of thioether (sulfide) groups is 1. The molecule has 0 saturated heterocycles. The summed E-state index contributed by atoms with van der Waals surface area (Å²) < 4.78 is 13.7. The molecule has 0 atom stereocenters. The van der Waals surface area contributed by atoms with E-state index in [0.29, 0.717) is 16.3 Å². The Kier molecular flexibility index (Phi) is 4.05. The van der Waals surface area contributed by atoms with Gasteiger partial charge in [0.15, 0.2) is 0 Å². The fraction of sp³-hybridized carbons (Fsp3) is 0.0714. The Hall–Kier alpha value is -1.37. The van der Waals surface area contributed by atoms with Crippen LogP contribution in [0, 0.1) is 5.82 Å². The predicted octanol–water partition coefficient (Wildman–Crippen LogP) is 4.89. The number of nitrogens with two attached hydrogens (primary N) is 1. The third kappa shape index (κ3) is 3.03. The van der Waals surface area contributed by atoms with Crippen LogP contribution in [0.5, 0.6) is 0 Å². The Balaban J connectivity index is 1.70. The zero-order valence-corrected chi connectivity index (χ0v) is 12.8. The number of anilines is 1. The van der Waals surface area contributed by atoms with E-state index in [1.165, 1.54) is 17.8 Å². The Bertz CT molecular complexity index is 707. The van der Waals surface area contributed by atoms with Crippen LogP contribution in [0.4, 0.5) is 10.1 Å². The standard InChI is InChI=1S/C14H11FN2S3/c15-12-5-10(16)1-2-13(12)19-7-11-8-20-14(17-11)9-3-4-18-6-9/h1-6,8H,7,16H2. The first-order valence-electron chi connectivity index (χ1n) is 5.87. The van der Waals surface area contributed by atoms with Crippen molar-refractivity contribution < 1.29 is 4.39 Å². The second kappa shape index (κ2) is 5.95. The summed E-state index contributed by atoms with van der Waals surface area (Å²) in [7, 11) is 0. The van der Waals surface area contributed by atoms with Crippen molar-refractivity contribution in [2.45, 2.75) is 10.6 Å². The maximum atomic E-state index is 13.7. The molecule has 0 amide bonds. The Labute approximate surface area is 128 Å². The van der Waals surface area contributed by atoms with Crippen LogP contribution in [0.1, 0.15) is 5.69 Å². The van der Waals surface area contributed by atoms with Crippen molar-refractivity contribution in [2.75, 3.05) is 5.73 Å². The number of thiophene rings is 1. The van der Waals surface area contributed by atoms with Crippen LogP contribution in [0.25, 0.3) is 10.6 Å². The van der Waals surface area contributed by atoms with Gasteiger partial charge >= 0.3 is 0 Å². The maximum Gasteiger partial charge on any atom is 0.138 e. The summed E-state index contributed by atoms with van der Waals surface area (Å²) in [6.45, 7) is 0. The maximum absolute atomic E-state index is 13.7. The number of halogens is 1. The molecule has 20 heavy (non-hydrogen) atoms. The zero-order chi connectivity index (χ0) is 13.9. The highest BCUT2D eigenvalue weighted by Gasteiger charge is 2.08. The molecule has 3 aromatic rings. The molecule has 102 valence electrons. The highest BCUT2D eigenvalue weighted by Crippen LogP contribution is 2.30. The highest BCUT2D eigenvalue weighted by atomic mass is 32.2. The first-order chi connectivity index (χ1) is 9.72. The second-order valence-electron chi connectivity index (χ2n) is 4.13. The molecule has 0 fully saturated rings. The lowest BCUT2D eigenvalue weighted by Gasteiger charge is -2.02. The minimum Gasteiger partial charge on any atom is -0.399 e. The molecule has 0 saturated carbocycles. The van der Waals surface area contributed by atoms with Crippen molar-refractivity contribution >= 4 is 40.1 Å². The molecule has 0 unspecified atom stereocenters. The molecular weight excluding hydrogens is 311 g/mol. The van der Waals surface area contributed by atoms with Gasteiger partial charge in [0.25, 0.3) is 0 Å². The summed E-state index contributed by atoms with van der Waals surface area (Å²) >= 11 is 4.71. The highest BCUT2D eigenvalue weighted by molar-refractivity contribution is 7.98. The Morgan fingerprint density at radius 2 is 2.15 bits per heavy atom. The van der Waals surface area contributed by atoms with Gasteiger partial charge in [0.1, 0.15) is 10.8 Å². The fourth-order valence-corrected chi connectivity index (χ4v) is 4.13. The van der Waals surface area contributed by atoms with Crippen molar-refractivity contribution in [1.29, 1.82) is 0 Å². The van der Waals surface area contributed by atoms with Gasteiger partial charge in [0.2, 0.25) is 0 Å². The van der Waals surface area contributed by atoms with Crippen LogP contribution in [0.15, 0.2) is 45.3 Å². The van der Waals surface area contributed by atoms with E-state index in [9.17, 15) is 4.39 Å². The zero-order valence-electron chi connectivity index (χ0n) is 10.4. The molecule has 0 bridgehead atoms. The first-order valence-corrected chi connectivity index (χ1v) is 8.68. The first kappa shape index (κ1) is 13.6. The van der Waals surface area contributed by atoms with Crippen LogP contribution >= 0.6 is 34.4 Å². The van der Waals surface area contributed by atoms with Gasteiger partial charge in [-0.25, -0.2) is 9.37 Å². The van der Waals surface area contributed by atoms with Gasteiger partial charge in [-0.15, -0.1) is 23.1 Å². The molecule has 0 radical (unpaired) electrons. The van der Waals surface area contributed by atoms with Crippen molar-refractivity contribution in [3.63, 3.8) is 0 Å². The van der Waals surface area contributed by atoms with E-state index >= 15 is 0 Å². The van der Waals surface area contributed by atoms with Gasteiger partial charge in [-0.3, -0.25) is 0 Å². The SMILES string of the molecule is Nc1ccc(SCc2csc(-c3ccsc3)n2)c(F)c1. The van der Waals surface area contributed by atoms with Crippen molar-refractivity contribution in [3.8, 4) is 10.6 Å². The van der Waals surface area contributed by atoms with E-state index in [-0.39, 0.29) is 5.82 Å². The second-order valence-corrected chi connectivity index (χ2v) is 6.79. The molecule has 2 heterocycles. The predicted molar refractivity (Wildman–Crippen MR) is 85.8 cm³/mol. The number of nitrogens with zero attached hydrogens (tertiary/aromatic N) is 1. The van der Waals surface area contributed by atoms with E-state index in [1.54, 1.807) is 34.8 Å². The van der Waals surface area contributed by atoms with Crippen molar-refractivity contribution in [3.05, 3.63) is 51.9 Å². The third-order valence-corrected chi connectivity index (χ3v) is 5.36. The lowest BCUT2D eigenvalue weighted by Crippen LogP contribution is -1.89. The van der Waals surface area contributed by atoms with Gasteiger partial charge in [0.05, 0.1) is 5.69 Å². The van der Waals surface area contributed by atoms with Gasteiger partial charge in [-0.2, -0.15) is 11.3 Å². The van der Waals surface area contributed by atoms with Crippen molar-refractivity contribution in [1.82, 2.24) is 4.98 Å². The van der Waals surface area contributed by atoms with Gasteiger partial charge < -0.3 is 5.73 Å².